The van der Waals surface area contributed by atoms with Gasteiger partial charge in [-0.2, -0.15) is 0 Å². The fraction of sp³-hybridized carbons (Fsp3) is 0.591. The number of likely N-dealkylation sites (tertiary alicyclic amines) is 1. The second-order valence-electron chi connectivity index (χ2n) is 8.58. The highest BCUT2D eigenvalue weighted by molar-refractivity contribution is 5.94. The molecule has 2 aromatic rings. The molecule has 2 saturated heterocycles. The van der Waals surface area contributed by atoms with Crippen LogP contribution in [0.5, 0.6) is 0 Å². The molecular formula is C22H32N6O2. The Balaban J connectivity index is 1.10. The van der Waals surface area contributed by atoms with Crippen LogP contribution in [0, 0.1) is 5.92 Å². The third kappa shape index (κ3) is 4.99. The van der Waals surface area contributed by atoms with E-state index in [0.29, 0.717) is 18.0 Å². The zero-order chi connectivity index (χ0) is 20.9. The Bertz CT molecular complexity index is 873. The molecule has 1 atom stereocenters. The van der Waals surface area contributed by atoms with Crippen molar-refractivity contribution in [2.45, 2.75) is 38.1 Å². The van der Waals surface area contributed by atoms with E-state index >= 15 is 0 Å². The van der Waals surface area contributed by atoms with Crippen LogP contribution in [0.3, 0.4) is 0 Å². The number of aromatic nitrogens is 2. The summed E-state index contributed by atoms with van der Waals surface area (Å²) in [5, 5.41) is 6.30. The van der Waals surface area contributed by atoms with E-state index in [-0.39, 0.29) is 17.9 Å². The van der Waals surface area contributed by atoms with Gasteiger partial charge in [-0.1, -0.05) is 12.8 Å². The third-order valence-electron chi connectivity index (χ3n) is 6.30. The number of carbonyl (C=O) groups is 2. The lowest BCUT2D eigenvalue weighted by atomic mass is 9.91. The van der Waals surface area contributed by atoms with E-state index in [1.807, 2.05) is 40.9 Å². The molecule has 0 bridgehead atoms. The minimum absolute atomic E-state index is 0.0374. The van der Waals surface area contributed by atoms with Crippen LogP contribution < -0.4 is 10.6 Å². The number of fused-ring (bicyclic) bond motifs is 1. The smallest absolute Gasteiger partial charge is 0.252 e. The van der Waals surface area contributed by atoms with E-state index in [1.54, 1.807) is 6.20 Å². The van der Waals surface area contributed by atoms with E-state index in [0.717, 1.165) is 57.6 Å². The summed E-state index contributed by atoms with van der Waals surface area (Å²) >= 11 is 0. The highest BCUT2D eigenvalue weighted by atomic mass is 16.2. The predicted octanol–water partition coefficient (Wildman–Crippen LogP) is 1.33. The van der Waals surface area contributed by atoms with Crippen LogP contribution in [0.15, 0.2) is 30.7 Å². The molecule has 4 heterocycles. The van der Waals surface area contributed by atoms with E-state index in [1.165, 1.54) is 6.42 Å². The first-order chi connectivity index (χ1) is 14.6. The first kappa shape index (κ1) is 20.8. The summed E-state index contributed by atoms with van der Waals surface area (Å²) < 4.78 is 1.85. The fourth-order valence-corrected chi connectivity index (χ4v) is 4.45. The lowest BCUT2D eigenvalue weighted by molar-refractivity contribution is -0.134. The molecule has 0 saturated carbocycles. The zero-order valence-corrected chi connectivity index (χ0v) is 17.7. The maximum absolute atomic E-state index is 12.6. The molecule has 2 aromatic heterocycles. The number of piperidine rings is 1. The van der Waals surface area contributed by atoms with Gasteiger partial charge in [0.05, 0.1) is 5.56 Å². The molecule has 8 nitrogen and oxygen atoms in total. The number of nitrogens with zero attached hydrogens (tertiary/aromatic N) is 4. The molecule has 162 valence electrons. The lowest BCUT2D eigenvalue weighted by Gasteiger charge is -2.33. The van der Waals surface area contributed by atoms with Crippen LogP contribution in [-0.4, -0.2) is 76.9 Å². The average molecular weight is 413 g/mol. The SMILES string of the molecule is CN1CNC(C(=O)N2CCC(CCCCNC(=O)c3ccc4nccn4c3)CC2)C1. The van der Waals surface area contributed by atoms with Gasteiger partial charge >= 0.3 is 0 Å². The lowest BCUT2D eigenvalue weighted by Crippen LogP contribution is -2.48. The highest BCUT2D eigenvalue weighted by Crippen LogP contribution is 2.23. The molecule has 2 N–H and O–H groups in total. The van der Waals surface area contributed by atoms with Gasteiger partial charge in [0.15, 0.2) is 0 Å². The van der Waals surface area contributed by atoms with Crippen molar-refractivity contribution >= 4 is 17.5 Å². The summed E-state index contributed by atoms with van der Waals surface area (Å²) in [6.07, 6.45) is 10.8. The number of nitrogens with one attached hydrogen (secondary N) is 2. The van der Waals surface area contributed by atoms with E-state index < -0.39 is 0 Å². The number of hydrogen-bond donors (Lipinski definition) is 2. The Morgan fingerprint density at radius 3 is 2.83 bits per heavy atom. The van der Waals surface area contributed by atoms with Crippen molar-refractivity contribution in [2.75, 3.05) is 39.9 Å². The molecule has 0 aliphatic carbocycles. The summed E-state index contributed by atoms with van der Waals surface area (Å²) in [4.78, 5) is 33.3. The van der Waals surface area contributed by atoms with E-state index in [4.69, 9.17) is 0 Å². The van der Waals surface area contributed by atoms with Gasteiger partial charge in [0.2, 0.25) is 5.91 Å². The third-order valence-corrected chi connectivity index (χ3v) is 6.30. The van der Waals surface area contributed by atoms with Crippen molar-refractivity contribution < 1.29 is 9.59 Å². The number of hydrogen-bond acceptors (Lipinski definition) is 5. The molecule has 30 heavy (non-hydrogen) atoms. The van der Waals surface area contributed by atoms with E-state index in [2.05, 4.69) is 20.5 Å². The minimum atomic E-state index is -0.0383. The average Bonchev–Trinajstić information content (AvgIpc) is 3.41. The molecule has 0 aromatic carbocycles. The first-order valence-corrected chi connectivity index (χ1v) is 11.0. The standard InChI is InChI=1S/C22H32N6O2/c1-26-15-19(25-16-26)22(30)27-11-7-17(8-12-27)4-2-3-9-24-21(29)18-5-6-20-23-10-13-28(20)14-18/h5-6,10,13-14,17,19,25H,2-4,7-9,11-12,15-16H2,1H3,(H,24,29). The maximum atomic E-state index is 12.6. The Labute approximate surface area is 177 Å². The van der Waals surface area contributed by atoms with Gasteiger partial charge in [0.1, 0.15) is 11.7 Å². The second kappa shape index (κ2) is 9.57. The molecule has 2 aliphatic heterocycles. The molecule has 2 amide bonds. The molecule has 2 fully saturated rings. The van der Waals surface area contributed by atoms with Gasteiger partial charge < -0.3 is 14.6 Å². The van der Waals surface area contributed by atoms with Crippen LogP contribution in [0.4, 0.5) is 0 Å². The zero-order valence-electron chi connectivity index (χ0n) is 17.7. The minimum Gasteiger partial charge on any atom is -0.352 e. The number of rotatable bonds is 7. The monoisotopic (exact) mass is 412 g/mol. The Morgan fingerprint density at radius 2 is 2.07 bits per heavy atom. The van der Waals surface area contributed by atoms with Crippen LogP contribution in [0.1, 0.15) is 42.5 Å². The number of amides is 2. The van der Waals surface area contributed by atoms with Gasteiger partial charge in [0.25, 0.3) is 5.91 Å². The predicted molar refractivity (Wildman–Crippen MR) is 115 cm³/mol. The summed E-state index contributed by atoms with van der Waals surface area (Å²) in [6.45, 7) is 4.04. The summed E-state index contributed by atoms with van der Waals surface area (Å²) in [7, 11) is 2.03. The number of likely N-dealkylation sites (N-methyl/N-ethyl adjacent to an activating group) is 1. The molecule has 1 unspecified atom stereocenters. The topological polar surface area (TPSA) is 82.0 Å². The number of imidazole rings is 1. The largest absolute Gasteiger partial charge is 0.352 e. The molecule has 0 spiro atoms. The molecule has 0 radical (unpaired) electrons. The summed E-state index contributed by atoms with van der Waals surface area (Å²) in [5.74, 6) is 0.908. The second-order valence-corrected chi connectivity index (χ2v) is 8.58. The normalized spacial score (nSPS) is 20.7. The van der Waals surface area contributed by atoms with Crippen molar-refractivity contribution in [3.8, 4) is 0 Å². The Morgan fingerprint density at radius 1 is 1.23 bits per heavy atom. The van der Waals surface area contributed by atoms with Gasteiger partial charge in [-0.15, -0.1) is 0 Å². The van der Waals surface area contributed by atoms with Gasteiger partial charge in [-0.25, -0.2) is 4.98 Å². The maximum Gasteiger partial charge on any atom is 0.252 e. The molecule has 2 aliphatic rings. The van der Waals surface area contributed by atoms with Crippen LogP contribution in [-0.2, 0) is 4.79 Å². The quantitative estimate of drug-likeness (QED) is 0.671. The first-order valence-electron chi connectivity index (χ1n) is 11.0. The van der Waals surface area contributed by atoms with Crippen molar-refractivity contribution in [3.63, 3.8) is 0 Å². The van der Waals surface area contributed by atoms with Crippen molar-refractivity contribution in [1.82, 2.24) is 29.8 Å². The van der Waals surface area contributed by atoms with Gasteiger partial charge in [-0.3, -0.25) is 19.8 Å². The highest BCUT2D eigenvalue weighted by Gasteiger charge is 2.31. The summed E-state index contributed by atoms with van der Waals surface area (Å²) in [5.41, 5.74) is 1.49. The van der Waals surface area contributed by atoms with Crippen LogP contribution in [0.2, 0.25) is 0 Å². The van der Waals surface area contributed by atoms with Crippen molar-refractivity contribution in [2.24, 2.45) is 5.92 Å². The molecule has 4 rings (SSSR count). The fourth-order valence-electron chi connectivity index (χ4n) is 4.45. The number of pyridine rings is 1. The Hall–Kier alpha value is -2.45. The van der Waals surface area contributed by atoms with Crippen LogP contribution in [0.25, 0.3) is 5.65 Å². The van der Waals surface area contributed by atoms with Gasteiger partial charge in [-0.05, 0) is 44.4 Å². The number of unbranched alkanes of at least 4 members (excludes halogenated alkanes) is 1. The molecular weight excluding hydrogens is 380 g/mol. The molecule has 8 heteroatoms. The summed E-state index contributed by atoms with van der Waals surface area (Å²) in [6, 6.07) is 3.63. The number of carbonyl (C=O) groups excluding carboxylic acids is 2. The van der Waals surface area contributed by atoms with Crippen molar-refractivity contribution in [3.05, 3.63) is 36.3 Å². The Kier molecular flexibility index (Phi) is 6.64. The van der Waals surface area contributed by atoms with Gasteiger partial charge in [0, 0.05) is 51.4 Å². The van der Waals surface area contributed by atoms with Crippen LogP contribution >= 0.6 is 0 Å². The van der Waals surface area contributed by atoms with E-state index in [9.17, 15) is 9.59 Å². The van der Waals surface area contributed by atoms with Crippen molar-refractivity contribution in [1.29, 1.82) is 0 Å².